The Morgan fingerprint density at radius 2 is 1.83 bits per heavy atom. The molecule has 7 heteroatoms. The number of nitrogens with one attached hydrogen (secondary N) is 1. The molecule has 0 aliphatic rings. The Kier molecular flexibility index (Phi) is 4.95. The van der Waals surface area contributed by atoms with Crippen LogP contribution in [0.15, 0.2) is 64.2 Å². The molecule has 0 bridgehead atoms. The summed E-state index contributed by atoms with van der Waals surface area (Å²) in [4.78, 5) is 11.9. The van der Waals surface area contributed by atoms with Crippen LogP contribution < -0.4 is 5.32 Å². The minimum atomic E-state index is -0.140. The summed E-state index contributed by atoms with van der Waals surface area (Å²) in [5.74, 6) is 0.374. The molecular weight excluding hydrogens is 334 g/mol. The van der Waals surface area contributed by atoms with Crippen LogP contribution in [0.4, 0.5) is 5.69 Å². The number of aromatic nitrogens is 2. The highest BCUT2D eigenvalue weighted by Crippen LogP contribution is 2.28. The average molecular weight is 346 g/mol. The Balaban J connectivity index is 1.59. The minimum Gasteiger partial charge on any atom is -0.411 e. The molecule has 1 N–H and O–H groups in total. The molecule has 5 nitrogen and oxygen atoms in total. The zero-order valence-corrected chi connectivity index (χ0v) is 13.5. The number of anilines is 1. The van der Waals surface area contributed by atoms with Crippen molar-refractivity contribution in [1.82, 2.24) is 10.2 Å². The number of nitrogens with zero attached hydrogens (tertiary/aromatic N) is 2. The maximum Gasteiger partial charge on any atom is 0.277 e. The van der Waals surface area contributed by atoms with Gasteiger partial charge in [-0.25, -0.2) is 0 Å². The zero-order valence-electron chi connectivity index (χ0n) is 11.9. The van der Waals surface area contributed by atoms with Crippen molar-refractivity contribution in [3.8, 4) is 11.5 Å². The van der Waals surface area contributed by atoms with Gasteiger partial charge < -0.3 is 9.73 Å². The molecule has 0 radical (unpaired) electrons. The predicted octanol–water partition coefficient (Wildman–Crippen LogP) is 4.12. The van der Waals surface area contributed by atoms with Crippen LogP contribution in [0.3, 0.4) is 0 Å². The number of benzene rings is 2. The van der Waals surface area contributed by atoms with E-state index in [1.54, 1.807) is 12.1 Å². The number of halogens is 1. The maximum atomic E-state index is 11.9. The summed E-state index contributed by atoms with van der Waals surface area (Å²) >= 11 is 7.26. The number of rotatable bonds is 5. The second-order valence-corrected chi connectivity index (χ2v) is 5.89. The average Bonchev–Trinajstić information content (AvgIpc) is 3.03. The van der Waals surface area contributed by atoms with Crippen molar-refractivity contribution in [1.29, 1.82) is 0 Å². The molecule has 0 aliphatic heterocycles. The van der Waals surface area contributed by atoms with Gasteiger partial charge in [-0.05, 0) is 24.3 Å². The molecule has 1 aromatic heterocycles. The molecular formula is C16H12ClN3O2S. The number of carbonyl (C=O) groups excluding carboxylic acids is 1. The van der Waals surface area contributed by atoms with E-state index in [-0.39, 0.29) is 11.7 Å². The molecule has 0 atom stereocenters. The van der Waals surface area contributed by atoms with Gasteiger partial charge in [-0.1, -0.05) is 53.7 Å². The lowest BCUT2D eigenvalue weighted by Crippen LogP contribution is -2.13. The Bertz CT molecular complexity index is 808. The van der Waals surface area contributed by atoms with Gasteiger partial charge in [0.15, 0.2) is 0 Å². The van der Waals surface area contributed by atoms with E-state index in [1.807, 2.05) is 42.5 Å². The molecule has 1 heterocycles. The lowest BCUT2D eigenvalue weighted by Gasteiger charge is -2.02. The fraction of sp³-hybridized carbons (Fsp3) is 0.0625. The predicted molar refractivity (Wildman–Crippen MR) is 90.5 cm³/mol. The van der Waals surface area contributed by atoms with Crippen molar-refractivity contribution in [2.24, 2.45) is 0 Å². The number of amides is 1. The van der Waals surface area contributed by atoms with E-state index in [0.717, 1.165) is 5.69 Å². The van der Waals surface area contributed by atoms with E-state index < -0.39 is 0 Å². The smallest absolute Gasteiger partial charge is 0.277 e. The van der Waals surface area contributed by atoms with Gasteiger partial charge in [-0.15, -0.1) is 10.2 Å². The van der Waals surface area contributed by atoms with E-state index in [1.165, 1.54) is 11.8 Å². The van der Waals surface area contributed by atoms with Crippen LogP contribution in [-0.2, 0) is 4.79 Å². The summed E-state index contributed by atoms with van der Waals surface area (Å²) in [6.07, 6.45) is 0. The highest BCUT2D eigenvalue weighted by molar-refractivity contribution is 7.99. The van der Waals surface area contributed by atoms with Crippen molar-refractivity contribution in [2.45, 2.75) is 5.22 Å². The van der Waals surface area contributed by atoms with E-state index in [9.17, 15) is 4.79 Å². The van der Waals surface area contributed by atoms with Crippen LogP contribution in [0.5, 0.6) is 0 Å². The fourth-order valence-corrected chi connectivity index (χ4v) is 2.64. The van der Waals surface area contributed by atoms with Crippen LogP contribution in [0, 0.1) is 0 Å². The van der Waals surface area contributed by atoms with E-state index in [2.05, 4.69) is 15.5 Å². The Morgan fingerprint density at radius 1 is 1.09 bits per heavy atom. The molecule has 0 spiro atoms. The summed E-state index contributed by atoms with van der Waals surface area (Å²) in [6.45, 7) is 0. The molecule has 0 aliphatic carbocycles. The number of hydrogen-bond acceptors (Lipinski definition) is 5. The SMILES string of the molecule is O=C(CSc1nnc(-c2ccccc2Cl)o1)Nc1ccccc1. The van der Waals surface area contributed by atoms with Gasteiger partial charge in [0.2, 0.25) is 11.8 Å². The molecule has 1 amide bonds. The molecule has 23 heavy (non-hydrogen) atoms. The van der Waals surface area contributed by atoms with Crippen molar-refractivity contribution in [2.75, 3.05) is 11.1 Å². The topological polar surface area (TPSA) is 68.0 Å². The van der Waals surface area contributed by atoms with Crippen LogP contribution in [0.25, 0.3) is 11.5 Å². The second-order valence-electron chi connectivity index (χ2n) is 4.56. The molecule has 0 fully saturated rings. The summed E-state index contributed by atoms with van der Waals surface area (Å²) in [5, 5.41) is 11.5. The molecule has 2 aromatic carbocycles. The second kappa shape index (κ2) is 7.30. The highest BCUT2D eigenvalue weighted by Gasteiger charge is 2.13. The third-order valence-electron chi connectivity index (χ3n) is 2.90. The van der Waals surface area contributed by atoms with E-state index in [0.29, 0.717) is 21.7 Å². The van der Waals surface area contributed by atoms with Gasteiger partial charge >= 0.3 is 0 Å². The quantitative estimate of drug-likeness (QED) is 0.704. The number of hydrogen-bond donors (Lipinski definition) is 1. The normalized spacial score (nSPS) is 10.5. The lowest BCUT2D eigenvalue weighted by molar-refractivity contribution is -0.113. The van der Waals surface area contributed by atoms with Crippen molar-refractivity contribution in [3.63, 3.8) is 0 Å². The van der Waals surface area contributed by atoms with Gasteiger partial charge in [0.05, 0.1) is 16.3 Å². The molecule has 3 rings (SSSR count). The summed E-state index contributed by atoms with van der Waals surface area (Å²) in [7, 11) is 0. The number of para-hydroxylation sites is 1. The van der Waals surface area contributed by atoms with Crippen LogP contribution in [0.1, 0.15) is 0 Å². The third kappa shape index (κ3) is 4.12. The first kappa shape index (κ1) is 15.6. The molecule has 3 aromatic rings. The molecule has 0 saturated heterocycles. The first-order valence-corrected chi connectivity index (χ1v) is 8.15. The summed E-state index contributed by atoms with van der Waals surface area (Å²) in [6, 6.07) is 16.5. The van der Waals surface area contributed by atoms with Crippen LogP contribution >= 0.6 is 23.4 Å². The van der Waals surface area contributed by atoms with Gasteiger partial charge in [0.1, 0.15) is 0 Å². The molecule has 0 saturated carbocycles. The Hall–Kier alpha value is -2.31. The van der Waals surface area contributed by atoms with E-state index >= 15 is 0 Å². The van der Waals surface area contributed by atoms with Crippen LogP contribution in [-0.4, -0.2) is 21.9 Å². The van der Waals surface area contributed by atoms with Crippen molar-refractivity contribution in [3.05, 3.63) is 59.6 Å². The first-order chi connectivity index (χ1) is 11.2. The highest BCUT2D eigenvalue weighted by atomic mass is 35.5. The molecule has 116 valence electrons. The Morgan fingerprint density at radius 3 is 2.61 bits per heavy atom. The summed E-state index contributed by atoms with van der Waals surface area (Å²) in [5.41, 5.74) is 1.42. The van der Waals surface area contributed by atoms with E-state index in [4.69, 9.17) is 16.0 Å². The monoisotopic (exact) mass is 345 g/mol. The maximum absolute atomic E-state index is 11.9. The standard InChI is InChI=1S/C16H12ClN3O2S/c17-13-9-5-4-8-12(13)15-19-20-16(22-15)23-10-14(21)18-11-6-2-1-3-7-11/h1-9H,10H2,(H,18,21). The van der Waals surface area contributed by atoms with Gasteiger partial charge in [-0.2, -0.15) is 0 Å². The number of thioether (sulfide) groups is 1. The Labute approximate surface area is 142 Å². The van der Waals surface area contributed by atoms with Gasteiger partial charge in [0.25, 0.3) is 5.22 Å². The third-order valence-corrected chi connectivity index (χ3v) is 4.04. The van der Waals surface area contributed by atoms with Crippen molar-refractivity contribution < 1.29 is 9.21 Å². The lowest BCUT2D eigenvalue weighted by atomic mass is 10.2. The minimum absolute atomic E-state index is 0.140. The van der Waals surface area contributed by atoms with Crippen LogP contribution in [0.2, 0.25) is 5.02 Å². The summed E-state index contributed by atoms with van der Waals surface area (Å²) < 4.78 is 5.53. The van der Waals surface area contributed by atoms with Gasteiger partial charge in [0, 0.05) is 5.69 Å². The van der Waals surface area contributed by atoms with Gasteiger partial charge in [-0.3, -0.25) is 4.79 Å². The number of carbonyl (C=O) groups is 1. The fourth-order valence-electron chi connectivity index (χ4n) is 1.86. The van der Waals surface area contributed by atoms with Crippen molar-refractivity contribution >= 4 is 35.0 Å². The zero-order chi connectivity index (χ0) is 16.1. The largest absolute Gasteiger partial charge is 0.411 e. The molecule has 0 unspecified atom stereocenters. The first-order valence-electron chi connectivity index (χ1n) is 6.78.